The molecule has 20 heavy (non-hydrogen) atoms. The summed E-state index contributed by atoms with van der Waals surface area (Å²) in [5.74, 6) is 0.865. The van der Waals surface area contributed by atoms with Crippen molar-refractivity contribution in [2.75, 3.05) is 18.0 Å². The normalized spacial score (nSPS) is 24.7. The van der Waals surface area contributed by atoms with Crippen molar-refractivity contribution in [2.45, 2.75) is 59.0 Å². The van der Waals surface area contributed by atoms with Crippen LogP contribution in [0.5, 0.6) is 0 Å². The van der Waals surface area contributed by atoms with Gasteiger partial charge in [0.1, 0.15) is 0 Å². The Balaban J connectivity index is 2.27. The summed E-state index contributed by atoms with van der Waals surface area (Å²) in [6.45, 7) is 11.4. The van der Waals surface area contributed by atoms with Gasteiger partial charge in [0.2, 0.25) is 0 Å². The molecule has 1 heterocycles. The van der Waals surface area contributed by atoms with Crippen molar-refractivity contribution in [2.24, 2.45) is 5.92 Å². The first-order valence-electron chi connectivity index (χ1n) is 8.26. The van der Waals surface area contributed by atoms with E-state index in [0.717, 1.165) is 18.9 Å². The van der Waals surface area contributed by atoms with Crippen LogP contribution < -0.4 is 10.2 Å². The largest absolute Gasteiger partial charge is 0.369 e. The van der Waals surface area contributed by atoms with E-state index in [1.165, 1.54) is 30.6 Å². The predicted octanol–water partition coefficient (Wildman–Crippen LogP) is 4.37. The number of rotatable bonds is 5. The third-order valence-electron chi connectivity index (χ3n) is 4.62. The lowest BCUT2D eigenvalue weighted by molar-refractivity contribution is 0.376. The molecule has 112 valence electrons. The van der Waals surface area contributed by atoms with Crippen molar-refractivity contribution in [1.29, 1.82) is 0 Å². The van der Waals surface area contributed by atoms with Gasteiger partial charge in [0, 0.05) is 24.3 Å². The van der Waals surface area contributed by atoms with Gasteiger partial charge in [-0.2, -0.15) is 0 Å². The third kappa shape index (κ3) is 3.35. The van der Waals surface area contributed by atoms with Crippen molar-refractivity contribution in [3.05, 3.63) is 29.8 Å². The highest BCUT2D eigenvalue weighted by atomic mass is 15.2. The molecule has 1 aromatic carbocycles. The van der Waals surface area contributed by atoms with Crippen LogP contribution in [0.2, 0.25) is 0 Å². The highest BCUT2D eigenvalue weighted by Crippen LogP contribution is 2.33. The van der Waals surface area contributed by atoms with E-state index >= 15 is 0 Å². The Morgan fingerprint density at radius 3 is 2.65 bits per heavy atom. The van der Waals surface area contributed by atoms with Crippen LogP contribution in [0.3, 0.4) is 0 Å². The monoisotopic (exact) mass is 274 g/mol. The summed E-state index contributed by atoms with van der Waals surface area (Å²) in [5.41, 5.74) is 2.91. The Kier molecular flexibility index (Phi) is 5.47. The van der Waals surface area contributed by atoms with Gasteiger partial charge in [-0.1, -0.05) is 39.0 Å². The Hall–Kier alpha value is -1.02. The van der Waals surface area contributed by atoms with Gasteiger partial charge in [0.25, 0.3) is 0 Å². The number of anilines is 1. The second kappa shape index (κ2) is 7.12. The van der Waals surface area contributed by atoms with Gasteiger partial charge in [-0.05, 0) is 50.3 Å². The summed E-state index contributed by atoms with van der Waals surface area (Å²) in [7, 11) is 0. The molecule has 1 aliphatic rings. The number of nitrogens with zero attached hydrogens (tertiary/aromatic N) is 1. The maximum Gasteiger partial charge on any atom is 0.0417 e. The topological polar surface area (TPSA) is 15.3 Å². The van der Waals surface area contributed by atoms with Crippen molar-refractivity contribution in [3.63, 3.8) is 0 Å². The van der Waals surface area contributed by atoms with Crippen LogP contribution in [0.4, 0.5) is 5.69 Å². The average Bonchev–Trinajstić information content (AvgIpc) is 2.45. The maximum absolute atomic E-state index is 3.63. The zero-order chi connectivity index (χ0) is 14.5. The SMILES string of the molecule is CCNC(CC)c1ccccc1N1CCC(C)CC1C. The zero-order valence-corrected chi connectivity index (χ0v) is 13.5. The van der Waals surface area contributed by atoms with E-state index in [2.05, 4.69) is 62.2 Å². The van der Waals surface area contributed by atoms with Crippen LogP contribution >= 0.6 is 0 Å². The fraction of sp³-hybridized carbons (Fsp3) is 0.667. The third-order valence-corrected chi connectivity index (χ3v) is 4.62. The van der Waals surface area contributed by atoms with Crippen molar-refractivity contribution in [1.82, 2.24) is 5.32 Å². The molecule has 1 saturated heterocycles. The summed E-state index contributed by atoms with van der Waals surface area (Å²) in [6.07, 6.45) is 3.77. The standard InChI is InChI=1S/C18H30N2/c1-5-17(19-6-2)16-9-7-8-10-18(16)20-12-11-14(3)13-15(20)4/h7-10,14-15,17,19H,5-6,11-13H2,1-4H3. The van der Waals surface area contributed by atoms with E-state index in [-0.39, 0.29) is 0 Å². The molecule has 1 fully saturated rings. The lowest BCUT2D eigenvalue weighted by Crippen LogP contribution is -2.41. The molecule has 1 aliphatic heterocycles. The molecule has 0 saturated carbocycles. The molecule has 2 heteroatoms. The molecule has 1 N–H and O–H groups in total. The summed E-state index contributed by atoms with van der Waals surface area (Å²) in [5, 5.41) is 3.63. The minimum absolute atomic E-state index is 0.475. The number of nitrogens with one attached hydrogen (secondary N) is 1. The summed E-state index contributed by atoms with van der Waals surface area (Å²) >= 11 is 0. The fourth-order valence-electron chi connectivity index (χ4n) is 3.53. The molecule has 0 radical (unpaired) electrons. The lowest BCUT2D eigenvalue weighted by atomic mass is 9.91. The molecule has 1 aromatic rings. The second-order valence-corrected chi connectivity index (χ2v) is 6.25. The Morgan fingerprint density at radius 2 is 2.00 bits per heavy atom. The van der Waals surface area contributed by atoms with E-state index in [4.69, 9.17) is 0 Å². The highest BCUT2D eigenvalue weighted by molar-refractivity contribution is 5.56. The first-order chi connectivity index (χ1) is 9.67. The van der Waals surface area contributed by atoms with Crippen molar-refractivity contribution >= 4 is 5.69 Å². The molecular weight excluding hydrogens is 244 g/mol. The van der Waals surface area contributed by atoms with Gasteiger partial charge in [-0.15, -0.1) is 0 Å². The van der Waals surface area contributed by atoms with Crippen LogP contribution in [-0.4, -0.2) is 19.1 Å². The first kappa shape index (κ1) is 15.4. The van der Waals surface area contributed by atoms with Gasteiger partial charge in [0.15, 0.2) is 0 Å². The second-order valence-electron chi connectivity index (χ2n) is 6.25. The van der Waals surface area contributed by atoms with Gasteiger partial charge in [-0.3, -0.25) is 0 Å². The molecule has 3 unspecified atom stereocenters. The highest BCUT2D eigenvalue weighted by Gasteiger charge is 2.25. The van der Waals surface area contributed by atoms with E-state index in [0.29, 0.717) is 12.1 Å². The molecule has 0 aromatic heterocycles. The van der Waals surface area contributed by atoms with Gasteiger partial charge in [-0.25, -0.2) is 0 Å². The number of benzene rings is 1. The Labute approximate surface area is 124 Å². The number of hydrogen-bond donors (Lipinski definition) is 1. The molecule has 3 atom stereocenters. The quantitative estimate of drug-likeness (QED) is 0.857. The van der Waals surface area contributed by atoms with E-state index < -0.39 is 0 Å². The summed E-state index contributed by atoms with van der Waals surface area (Å²) in [6, 6.07) is 10.1. The number of piperidine rings is 1. The van der Waals surface area contributed by atoms with Crippen LogP contribution in [0, 0.1) is 5.92 Å². The fourth-order valence-corrected chi connectivity index (χ4v) is 3.53. The van der Waals surface area contributed by atoms with Crippen molar-refractivity contribution < 1.29 is 0 Å². The Bertz CT molecular complexity index is 416. The minimum atomic E-state index is 0.475. The van der Waals surface area contributed by atoms with Crippen LogP contribution in [0.1, 0.15) is 58.6 Å². The lowest BCUT2D eigenvalue weighted by Gasteiger charge is -2.40. The summed E-state index contributed by atoms with van der Waals surface area (Å²) < 4.78 is 0. The average molecular weight is 274 g/mol. The number of para-hydroxylation sites is 1. The molecule has 0 aliphatic carbocycles. The summed E-state index contributed by atoms with van der Waals surface area (Å²) in [4.78, 5) is 2.62. The minimum Gasteiger partial charge on any atom is -0.369 e. The zero-order valence-electron chi connectivity index (χ0n) is 13.5. The van der Waals surface area contributed by atoms with Crippen molar-refractivity contribution in [3.8, 4) is 0 Å². The molecule has 0 amide bonds. The first-order valence-corrected chi connectivity index (χ1v) is 8.26. The number of hydrogen-bond acceptors (Lipinski definition) is 2. The van der Waals surface area contributed by atoms with E-state index in [1.54, 1.807) is 0 Å². The van der Waals surface area contributed by atoms with Gasteiger partial charge < -0.3 is 10.2 Å². The molecule has 2 nitrogen and oxygen atoms in total. The smallest absolute Gasteiger partial charge is 0.0417 e. The maximum atomic E-state index is 3.63. The predicted molar refractivity (Wildman–Crippen MR) is 88.4 cm³/mol. The Morgan fingerprint density at radius 1 is 1.25 bits per heavy atom. The van der Waals surface area contributed by atoms with Crippen LogP contribution in [0.15, 0.2) is 24.3 Å². The van der Waals surface area contributed by atoms with E-state index in [9.17, 15) is 0 Å². The molecule has 2 rings (SSSR count). The van der Waals surface area contributed by atoms with Gasteiger partial charge in [0.05, 0.1) is 0 Å². The van der Waals surface area contributed by atoms with E-state index in [1.807, 2.05) is 0 Å². The van der Waals surface area contributed by atoms with Crippen LogP contribution in [0.25, 0.3) is 0 Å². The molecular formula is C18H30N2. The van der Waals surface area contributed by atoms with Gasteiger partial charge >= 0.3 is 0 Å². The molecule has 0 bridgehead atoms. The van der Waals surface area contributed by atoms with Crippen LogP contribution in [-0.2, 0) is 0 Å². The molecule has 0 spiro atoms.